The molecule has 0 saturated carbocycles. The van der Waals surface area contributed by atoms with Crippen LogP contribution in [0.1, 0.15) is 0 Å². The van der Waals surface area contributed by atoms with E-state index in [4.69, 9.17) is 11.6 Å². The van der Waals surface area contributed by atoms with Crippen molar-refractivity contribution in [1.82, 2.24) is 19.5 Å². The average molecular weight is 310 g/mol. The molecule has 1 aromatic carbocycles. The lowest BCUT2D eigenvalue weighted by molar-refractivity contribution is 0.944. The number of rotatable bonds is 1. The van der Waals surface area contributed by atoms with Crippen molar-refractivity contribution in [1.29, 1.82) is 0 Å². The van der Waals surface area contributed by atoms with Gasteiger partial charge in [-0.15, -0.1) is 0 Å². The van der Waals surface area contributed by atoms with Crippen LogP contribution in [0.15, 0.2) is 41.3 Å². The monoisotopic (exact) mass is 308 g/mol. The average Bonchev–Trinajstić information content (AvgIpc) is 2.76. The summed E-state index contributed by atoms with van der Waals surface area (Å²) in [6.07, 6.45) is 3.31. The molecule has 0 aliphatic rings. The Labute approximate surface area is 110 Å². The van der Waals surface area contributed by atoms with Gasteiger partial charge in [0.05, 0.1) is 15.5 Å². The molecule has 0 unspecified atom stereocenters. The molecule has 2 heterocycles. The minimum Gasteiger partial charge on any atom is -0.267 e. The highest BCUT2D eigenvalue weighted by molar-refractivity contribution is 9.10. The second-order valence-corrected chi connectivity index (χ2v) is 4.62. The fourth-order valence-electron chi connectivity index (χ4n) is 1.57. The summed E-state index contributed by atoms with van der Waals surface area (Å²) in [6, 6.07) is 7.78. The molecule has 6 heteroatoms. The molecule has 0 aliphatic heterocycles. The zero-order chi connectivity index (χ0) is 11.8. The van der Waals surface area contributed by atoms with Crippen LogP contribution >= 0.6 is 27.5 Å². The Hall–Kier alpha value is -1.46. The highest BCUT2D eigenvalue weighted by atomic mass is 79.9. The van der Waals surface area contributed by atoms with Gasteiger partial charge < -0.3 is 0 Å². The van der Waals surface area contributed by atoms with E-state index >= 15 is 0 Å². The Kier molecular flexibility index (Phi) is 2.57. The summed E-state index contributed by atoms with van der Waals surface area (Å²) in [5, 5.41) is 0.382. The maximum absolute atomic E-state index is 5.95. The van der Waals surface area contributed by atoms with E-state index < -0.39 is 0 Å². The van der Waals surface area contributed by atoms with Gasteiger partial charge in [-0.2, -0.15) is 4.98 Å². The fourth-order valence-corrected chi connectivity index (χ4v) is 1.89. The molecule has 2 aromatic heterocycles. The van der Waals surface area contributed by atoms with Crippen molar-refractivity contribution in [3.63, 3.8) is 0 Å². The molecule has 0 atom stereocenters. The molecule has 0 fully saturated rings. The zero-order valence-electron chi connectivity index (χ0n) is 8.51. The van der Waals surface area contributed by atoms with Gasteiger partial charge in [0.2, 0.25) is 5.95 Å². The zero-order valence-corrected chi connectivity index (χ0v) is 10.9. The van der Waals surface area contributed by atoms with Crippen molar-refractivity contribution in [2.24, 2.45) is 0 Å². The molecule has 3 aromatic rings. The molecule has 0 bridgehead atoms. The normalized spacial score (nSPS) is 10.9. The molecule has 0 spiro atoms. The number of imidazole rings is 1. The molecule has 0 N–H and O–H groups in total. The van der Waals surface area contributed by atoms with Crippen LogP contribution in [-0.2, 0) is 0 Å². The molecule has 3 rings (SSSR count). The lowest BCUT2D eigenvalue weighted by Crippen LogP contribution is -1.99. The molecule has 17 heavy (non-hydrogen) atoms. The van der Waals surface area contributed by atoms with E-state index in [1.807, 2.05) is 24.3 Å². The molecular weight excluding hydrogens is 304 g/mol. The largest absolute Gasteiger partial charge is 0.267 e. The summed E-state index contributed by atoms with van der Waals surface area (Å²) in [5.74, 6) is 0.506. The summed E-state index contributed by atoms with van der Waals surface area (Å²) in [7, 11) is 0. The van der Waals surface area contributed by atoms with Gasteiger partial charge in [0.15, 0.2) is 0 Å². The third-order valence-corrected chi connectivity index (χ3v) is 3.45. The Morgan fingerprint density at radius 3 is 2.82 bits per heavy atom. The summed E-state index contributed by atoms with van der Waals surface area (Å²) < 4.78 is 2.47. The van der Waals surface area contributed by atoms with E-state index in [0.29, 0.717) is 15.6 Å². The van der Waals surface area contributed by atoms with E-state index in [2.05, 4.69) is 30.9 Å². The van der Waals surface area contributed by atoms with Crippen LogP contribution in [0.5, 0.6) is 0 Å². The van der Waals surface area contributed by atoms with Crippen LogP contribution in [0, 0.1) is 0 Å². The van der Waals surface area contributed by atoms with E-state index in [1.165, 1.54) is 0 Å². The van der Waals surface area contributed by atoms with E-state index in [-0.39, 0.29) is 0 Å². The van der Waals surface area contributed by atoms with Gasteiger partial charge >= 0.3 is 0 Å². The smallest absolute Gasteiger partial charge is 0.236 e. The molecule has 0 aliphatic carbocycles. The SMILES string of the molecule is Clc1nc(-n2cnc3ccccc32)ncc1Br. The number of halogens is 2. The summed E-state index contributed by atoms with van der Waals surface area (Å²) >= 11 is 9.21. The quantitative estimate of drug-likeness (QED) is 0.648. The summed E-state index contributed by atoms with van der Waals surface area (Å²) in [4.78, 5) is 12.7. The third-order valence-electron chi connectivity index (χ3n) is 2.36. The lowest BCUT2D eigenvalue weighted by atomic mass is 10.3. The lowest BCUT2D eigenvalue weighted by Gasteiger charge is -2.02. The van der Waals surface area contributed by atoms with Crippen LogP contribution in [0.25, 0.3) is 17.0 Å². The molecule has 84 valence electrons. The summed E-state index contributed by atoms with van der Waals surface area (Å²) in [5.41, 5.74) is 1.85. The first-order chi connectivity index (χ1) is 8.25. The van der Waals surface area contributed by atoms with E-state index in [0.717, 1.165) is 11.0 Å². The van der Waals surface area contributed by atoms with Crippen molar-refractivity contribution in [2.75, 3.05) is 0 Å². The predicted molar refractivity (Wildman–Crippen MR) is 69.4 cm³/mol. The van der Waals surface area contributed by atoms with Gasteiger partial charge in [-0.1, -0.05) is 23.7 Å². The van der Waals surface area contributed by atoms with Gasteiger partial charge in [0, 0.05) is 6.20 Å². The van der Waals surface area contributed by atoms with Crippen molar-refractivity contribution in [3.05, 3.63) is 46.4 Å². The van der Waals surface area contributed by atoms with Crippen LogP contribution in [0.4, 0.5) is 0 Å². The van der Waals surface area contributed by atoms with Gasteiger partial charge in [-0.3, -0.25) is 4.57 Å². The number of nitrogens with zero attached hydrogens (tertiary/aromatic N) is 4. The Balaban J connectivity index is 2.24. The van der Waals surface area contributed by atoms with Crippen molar-refractivity contribution in [3.8, 4) is 5.95 Å². The second-order valence-electron chi connectivity index (χ2n) is 3.41. The number of para-hydroxylation sites is 2. The summed E-state index contributed by atoms with van der Waals surface area (Å²) in [6.45, 7) is 0. The number of benzene rings is 1. The number of fused-ring (bicyclic) bond motifs is 1. The Morgan fingerprint density at radius 2 is 2.00 bits per heavy atom. The number of hydrogen-bond acceptors (Lipinski definition) is 3. The van der Waals surface area contributed by atoms with Gasteiger partial charge in [-0.05, 0) is 28.1 Å². The standard InChI is InChI=1S/C11H6BrClN4/c12-7-5-14-11(16-10(7)13)17-6-15-8-3-1-2-4-9(8)17/h1-6H. The molecule has 0 amide bonds. The maximum Gasteiger partial charge on any atom is 0.236 e. The van der Waals surface area contributed by atoms with Crippen molar-refractivity contribution in [2.45, 2.75) is 0 Å². The van der Waals surface area contributed by atoms with Crippen LogP contribution < -0.4 is 0 Å². The minimum absolute atomic E-state index is 0.382. The molecule has 0 saturated heterocycles. The first-order valence-corrected chi connectivity index (χ1v) is 6.03. The Bertz CT molecular complexity index is 695. The van der Waals surface area contributed by atoms with E-state index in [1.54, 1.807) is 17.1 Å². The van der Waals surface area contributed by atoms with E-state index in [9.17, 15) is 0 Å². The van der Waals surface area contributed by atoms with Crippen molar-refractivity contribution >= 4 is 38.6 Å². The van der Waals surface area contributed by atoms with Crippen molar-refractivity contribution < 1.29 is 0 Å². The van der Waals surface area contributed by atoms with Crippen LogP contribution in [0.3, 0.4) is 0 Å². The third kappa shape index (κ3) is 1.81. The first-order valence-electron chi connectivity index (χ1n) is 4.86. The first kappa shape index (κ1) is 10.7. The Morgan fingerprint density at radius 1 is 1.18 bits per heavy atom. The minimum atomic E-state index is 0.382. The van der Waals surface area contributed by atoms with Crippen LogP contribution in [0.2, 0.25) is 5.15 Å². The highest BCUT2D eigenvalue weighted by Gasteiger charge is 2.08. The maximum atomic E-state index is 5.95. The molecule has 4 nitrogen and oxygen atoms in total. The van der Waals surface area contributed by atoms with Gasteiger partial charge in [0.25, 0.3) is 0 Å². The van der Waals surface area contributed by atoms with Gasteiger partial charge in [-0.25, -0.2) is 9.97 Å². The fraction of sp³-hybridized carbons (Fsp3) is 0. The van der Waals surface area contributed by atoms with Crippen LogP contribution in [-0.4, -0.2) is 19.5 Å². The number of aromatic nitrogens is 4. The topological polar surface area (TPSA) is 43.6 Å². The molecular formula is C11H6BrClN4. The van der Waals surface area contributed by atoms with Gasteiger partial charge in [0.1, 0.15) is 11.5 Å². The number of hydrogen-bond donors (Lipinski definition) is 0. The highest BCUT2D eigenvalue weighted by Crippen LogP contribution is 2.21. The predicted octanol–water partition coefficient (Wildman–Crippen LogP) is 3.23. The molecule has 0 radical (unpaired) electrons. The second kappa shape index (κ2) is 4.09.